The van der Waals surface area contributed by atoms with E-state index in [4.69, 9.17) is 11.5 Å². The predicted octanol–water partition coefficient (Wildman–Crippen LogP) is 3.27. The molecular weight excluding hydrogens is 244 g/mol. The first-order chi connectivity index (χ1) is 9.68. The van der Waals surface area contributed by atoms with Crippen molar-refractivity contribution in [3.8, 4) is 0 Å². The Kier molecular flexibility index (Phi) is 5.33. The van der Waals surface area contributed by atoms with E-state index in [1.54, 1.807) is 0 Å². The van der Waals surface area contributed by atoms with E-state index in [1.165, 1.54) is 11.1 Å². The third-order valence-corrected chi connectivity index (χ3v) is 3.70. The molecule has 0 saturated heterocycles. The Hall–Kier alpha value is -1.64. The number of hydrogen-bond acceptors (Lipinski definition) is 2. The van der Waals surface area contributed by atoms with Crippen molar-refractivity contribution in [3.05, 3.63) is 71.8 Å². The molecule has 2 nitrogen and oxygen atoms in total. The summed E-state index contributed by atoms with van der Waals surface area (Å²) in [5, 5.41) is 0. The molecule has 20 heavy (non-hydrogen) atoms. The van der Waals surface area contributed by atoms with E-state index < -0.39 is 0 Å². The topological polar surface area (TPSA) is 52.0 Å². The highest BCUT2D eigenvalue weighted by Gasteiger charge is 2.21. The molecule has 0 heterocycles. The molecular formula is C18H24N2. The Balaban J connectivity index is 2.25. The lowest BCUT2D eigenvalue weighted by Gasteiger charge is -2.25. The van der Waals surface area contributed by atoms with Gasteiger partial charge >= 0.3 is 0 Å². The van der Waals surface area contributed by atoms with Crippen LogP contribution in [0.1, 0.15) is 36.8 Å². The van der Waals surface area contributed by atoms with Crippen molar-refractivity contribution in [3.63, 3.8) is 0 Å². The minimum atomic E-state index is 0.0887. The van der Waals surface area contributed by atoms with Crippen molar-refractivity contribution < 1.29 is 0 Å². The third-order valence-electron chi connectivity index (χ3n) is 3.70. The zero-order chi connectivity index (χ0) is 14.4. The molecule has 2 rings (SSSR count). The highest BCUT2D eigenvalue weighted by Crippen LogP contribution is 2.29. The molecule has 0 saturated carbocycles. The molecule has 0 fully saturated rings. The van der Waals surface area contributed by atoms with E-state index in [9.17, 15) is 0 Å². The van der Waals surface area contributed by atoms with Crippen LogP contribution in [0.3, 0.4) is 0 Å². The molecule has 0 spiro atoms. The summed E-state index contributed by atoms with van der Waals surface area (Å²) in [6, 6.07) is 21.3. The van der Waals surface area contributed by atoms with Gasteiger partial charge in [-0.15, -0.1) is 0 Å². The minimum absolute atomic E-state index is 0.0887. The van der Waals surface area contributed by atoms with Gasteiger partial charge < -0.3 is 11.5 Å². The lowest BCUT2D eigenvalue weighted by atomic mass is 9.83. The van der Waals surface area contributed by atoms with Crippen molar-refractivity contribution in [2.45, 2.75) is 37.8 Å². The van der Waals surface area contributed by atoms with Crippen LogP contribution in [0.2, 0.25) is 0 Å². The first-order valence-electron chi connectivity index (χ1n) is 7.29. The molecule has 106 valence electrons. The van der Waals surface area contributed by atoms with E-state index >= 15 is 0 Å². The smallest absolute Gasteiger partial charge is 0.0241 e. The largest absolute Gasteiger partial charge is 0.328 e. The van der Waals surface area contributed by atoms with E-state index in [2.05, 4.69) is 48.5 Å². The molecule has 2 heteroatoms. The molecule has 2 aromatic carbocycles. The Bertz CT molecular complexity index is 454. The van der Waals surface area contributed by atoms with E-state index in [0.717, 1.165) is 12.8 Å². The summed E-state index contributed by atoms with van der Waals surface area (Å²) in [6.07, 6.45) is 1.89. The van der Waals surface area contributed by atoms with Gasteiger partial charge in [-0.1, -0.05) is 60.7 Å². The van der Waals surface area contributed by atoms with E-state index in [-0.39, 0.29) is 18.0 Å². The molecule has 0 amide bonds. The zero-order valence-electron chi connectivity index (χ0n) is 12.1. The lowest BCUT2D eigenvalue weighted by Crippen LogP contribution is -2.31. The lowest BCUT2D eigenvalue weighted by molar-refractivity contribution is 0.500. The summed E-state index contributed by atoms with van der Waals surface area (Å²) in [5.74, 6) is 0.233. The fourth-order valence-electron chi connectivity index (χ4n) is 2.63. The van der Waals surface area contributed by atoms with Crippen LogP contribution < -0.4 is 11.5 Å². The fraction of sp³-hybridized carbons (Fsp3) is 0.333. The Morgan fingerprint density at radius 1 is 0.750 bits per heavy atom. The Morgan fingerprint density at radius 3 is 1.60 bits per heavy atom. The maximum absolute atomic E-state index is 6.47. The van der Waals surface area contributed by atoms with Crippen molar-refractivity contribution in [2.24, 2.45) is 11.5 Å². The van der Waals surface area contributed by atoms with E-state index in [0.29, 0.717) is 0 Å². The van der Waals surface area contributed by atoms with Gasteiger partial charge in [-0.2, -0.15) is 0 Å². The number of rotatable bonds is 6. The second kappa shape index (κ2) is 7.22. The number of nitrogens with two attached hydrogens (primary N) is 2. The second-order valence-corrected chi connectivity index (χ2v) is 5.52. The van der Waals surface area contributed by atoms with Crippen molar-refractivity contribution in [1.29, 1.82) is 0 Å². The normalized spacial score (nSPS) is 14.2. The number of benzene rings is 2. The molecule has 2 aromatic rings. The standard InChI is InChI=1S/C18H24N2/c1-14(19)12-13-17(20)18(15-8-4-2-5-9-15)16-10-6-3-7-11-16/h2-11,14,17-18H,12-13,19-20H2,1H3. The van der Waals surface area contributed by atoms with Gasteiger partial charge in [0.15, 0.2) is 0 Å². The van der Waals surface area contributed by atoms with Gasteiger partial charge in [-0.25, -0.2) is 0 Å². The van der Waals surface area contributed by atoms with Crippen LogP contribution in [0, 0.1) is 0 Å². The van der Waals surface area contributed by atoms with Crippen LogP contribution in [0.25, 0.3) is 0 Å². The van der Waals surface area contributed by atoms with Gasteiger partial charge in [0.05, 0.1) is 0 Å². The highest BCUT2D eigenvalue weighted by molar-refractivity contribution is 5.34. The van der Waals surface area contributed by atoms with Gasteiger partial charge in [-0.3, -0.25) is 0 Å². The third kappa shape index (κ3) is 3.92. The summed E-state index contributed by atoms with van der Waals surface area (Å²) >= 11 is 0. The van der Waals surface area contributed by atoms with Crippen molar-refractivity contribution in [1.82, 2.24) is 0 Å². The molecule has 0 radical (unpaired) electrons. The Morgan fingerprint density at radius 2 is 1.20 bits per heavy atom. The average Bonchev–Trinajstić information content (AvgIpc) is 2.48. The van der Waals surface area contributed by atoms with Crippen LogP contribution in [-0.2, 0) is 0 Å². The van der Waals surface area contributed by atoms with Crippen LogP contribution in [0.4, 0.5) is 0 Å². The average molecular weight is 268 g/mol. The molecule has 0 aromatic heterocycles. The summed E-state index contributed by atoms with van der Waals surface area (Å²) in [4.78, 5) is 0. The van der Waals surface area contributed by atoms with Crippen molar-refractivity contribution >= 4 is 0 Å². The maximum atomic E-state index is 6.47. The molecule has 2 atom stereocenters. The first kappa shape index (κ1) is 14.8. The number of hydrogen-bond donors (Lipinski definition) is 2. The van der Waals surface area contributed by atoms with E-state index in [1.807, 2.05) is 19.1 Å². The molecule has 4 N–H and O–H groups in total. The predicted molar refractivity (Wildman–Crippen MR) is 85.6 cm³/mol. The maximum Gasteiger partial charge on any atom is 0.0241 e. The second-order valence-electron chi connectivity index (χ2n) is 5.52. The van der Waals surface area contributed by atoms with Gasteiger partial charge in [-0.05, 0) is 30.9 Å². The summed E-state index contributed by atoms with van der Waals surface area (Å²) in [7, 11) is 0. The summed E-state index contributed by atoms with van der Waals surface area (Å²) in [5.41, 5.74) is 14.9. The minimum Gasteiger partial charge on any atom is -0.328 e. The molecule has 0 aliphatic rings. The molecule has 0 aliphatic carbocycles. The van der Waals surface area contributed by atoms with Crippen molar-refractivity contribution in [2.75, 3.05) is 0 Å². The quantitative estimate of drug-likeness (QED) is 0.844. The van der Waals surface area contributed by atoms with Crippen LogP contribution in [-0.4, -0.2) is 12.1 Å². The summed E-state index contributed by atoms with van der Waals surface area (Å²) in [6.45, 7) is 2.03. The van der Waals surface area contributed by atoms with Crippen LogP contribution in [0.15, 0.2) is 60.7 Å². The van der Waals surface area contributed by atoms with Gasteiger partial charge in [0.2, 0.25) is 0 Å². The first-order valence-corrected chi connectivity index (χ1v) is 7.29. The highest BCUT2D eigenvalue weighted by atomic mass is 14.7. The molecule has 2 unspecified atom stereocenters. The van der Waals surface area contributed by atoms with Crippen LogP contribution in [0.5, 0.6) is 0 Å². The zero-order valence-corrected chi connectivity index (χ0v) is 12.1. The Labute approximate surface area is 121 Å². The van der Waals surface area contributed by atoms with Gasteiger partial charge in [0.1, 0.15) is 0 Å². The SMILES string of the molecule is CC(N)CCC(N)C(c1ccccc1)c1ccccc1. The fourth-order valence-corrected chi connectivity index (χ4v) is 2.63. The van der Waals surface area contributed by atoms with Gasteiger partial charge in [0.25, 0.3) is 0 Å². The molecule has 0 aliphatic heterocycles. The summed E-state index contributed by atoms with van der Waals surface area (Å²) < 4.78 is 0. The van der Waals surface area contributed by atoms with Gasteiger partial charge in [0, 0.05) is 18.0 Å². The van der Waals surface area contributed by atoms with Crippen LogP contribution >= 0.6 is 0 Å². The monoisotopic (exact) mass is 268 g/mol. The molecule has 0 bridgehead atoms.